The molecule has 0 bridgehead atoms. The summed E-state index contributed by atoms with van der Waals surface area (Å²) >= 11 is 0. The molecule has 4 nitrogen and oxygen atoms in total. The summed E-state index contributed by atoms with van der Waals surface area (Å²) in [6, 6.07) is 7.22. The number of ether oxygens (including phenoxy) is 2. The zero-order chi connectivity index (χ0) is 12.5. The summed E-state index contributed by atoms with van der Waals surface area (Å²) < 4.78 is 9.35. The van der Waals surface area contributed by atoms with Crippen molar-refractivity contribution in [2.24, 2.45) is 0 Å². The zero-order valence-electron chi connectivity index (χ0n) is 9.77. The molecule has 0 heterocycles. The van der Waals surface area contributed by atoms with Crippen LogP contribution < -0.4 is 0 Å². The lowest BCUT2D eigenvalue weighted by atomic mass is 10.1. The third kappa shape index (κ3) is 4.68. The highest BCUT2D eigenvalue weighted by Crippen LogP contribution is 2.08. The number of hydrogen-bond acceptors (Lipinski definition) is 4. The molecular formula is C13H15O4. The predicted molar refractivity (Wildman–Crippen MR) is 62.4 cm³/mol. The Morgan fingerprint density at radius 1 is 1.29 bits per heavy atom. The Labute approximate surface area is 101 Å². The number of aryl methyl sites for hydroxylation is 1. The third-order valence-corrected chi connectivity index (χ3v) is 2.24. The third-order valence-electron chi connectivity index (χ3n) is 2.24. The van der Waals surface area contributed by atoms with E-state index < -0.39 is 0 Å². The molecule has 0 aliphatic rings. The van der Waals surface area contributed by atoms with Gasteiger partial charge in [-0.2, -0.15) is 0 Å². The minimum Gasteiger partial charge on any atom is -0.462 e. The van der Waals surface area contributed by atoms with Gasteiger partial charge in [0.1, 0.15) is 0 Å². The van der Waals surface area contributed by atoms with E-state index in [1.54, 1.807) is 19.1 Å². The van der Waals surface area contributed by atoms with Gasteiger partial charge in [-0.25, -0.2) is 9.59 Å². The van der Waals surface area contributed by atoms with Crippen molar-refractivity contribution in [3.63, 3.8) is 0 Å². The van der Waals surface area contributed by atoms with Gasteiger partial charge in [-0.3, -0.25) is 0 Å². The van der Waals surface area contributed by atoms with Gasteiger partial charge in [0.15, 0.2) is 0 Å². The fourth-order valence-electron chi connectivity index (χ4n) is 1.41. The number of benzene rings is 1. The first-order valence-corrected chi connectivity index (χ1v) is 5.53. The van der Waals surface area contributed by atoms with Gasteiger partial charge in [0.25, 0.3) is 0 Å². The molecule has 1 rings (SSSR count). The fraction of sp³-hybridized carbons (Fsp3) is 0.385. The number of carbonyl (C=O) groups excluding carboxylic acids is 2. The molecule has 0 fully saturated rings. The van der Waals surface area contributed by atoms with Gasteiger partial charge in [0.05, 0.1) is 18.8 Å². The summed E-state index contributed by atoms with van der Waals surface area (Å²) in [6.07, 6.45) is 1.54. The summed E-state index contributed by atoms with van der Waals surface area (Å²) in [5.41, 5.74) is 1.64. The Morgan fingerprint density at radius 3 is 2.59 bits per heavy atom. The van der Waals surface area contributed by atoms with Crippen molar-refractivity contribution in [3.8, 4) is 0 Å². The predicted octanol–water partition coefficient (Wildman–Crippen LogP) is 1.88. The van der Waals surface area contributed by atoms with Crippen LogP contribution in [0.3, 0.4) is 0 Å². The Morgan fingerprint density at radius 2 is 2.00 bits per heavy atom. The average molecular weight is 235 g/mol. The molecule has 0 aliphatic carbocycles. The molecule has 17 heavy (non-hydrogen) atoms. The van der Waals surface area contributed by atoms with Crippen LogP contribution in [0.1, 0.15) is 29.3 Å². The second-order valence-corrected chi connectivity index (χ2v) is 3.45. The van der Waals surface area contributed by atoms with E-state index in [0.717, 1.165) is 18.4 Å². The maximum Gasteiger partial charge on any atom is 0.417 e. The van der Waals surface area contributed by atoms with E-state index in [1.165, 1.54) is 6.47 Å². The van der Waals surface area contributed by atoms with Crippen molar-refractivity contribution in [1.82, 2.24) is 0 Å². The van der Waals surface area contributed by atoms with Crippen molar-refractivity contribution >= 4 is 12.4 Å². The molecule has 0 aliphatic heterocycles. The molecule has 1 radical (unpaired) electrons. The fourth-order valence-corrected chi connectivity index (χ4v) is 1.41. The lowest BCUT2D eigenvalue weighted by Crippen LogP contribution is -2.04. The number of esters is 1. The minimum absolute atomic E-state index is 0.307. The topological polar surface area (TPSA) is 52.6 Å². The first-order chi connectivity index (χ1) is 8.27. The molecule has 0 aromatic heterocycles. The van der Waals surface area contributed by atoms with Crippen LogP contribution in [-0.2, 0) is 20.7 Å². The average Bonchev–Trinajstić information content (AvgIpc) is 2.36. The highest BCUT2D eigenvalue weighted by molar-refractivity contribution is 5.89. The smallest absolute Gasteiger partial charge is 0.417 e. The maximum atomic E-state index is 11.4. The Hall–Kier alpha value is -1.84. The number of hydrogen-bond donors (Lipinski definition) is 0. The van der Waals surface area contributed by atoms with E-state index in [-0.39, 0.29) is 5.97 Å². The van der Waals surface area contributed by atoms with Crippen molar-refractivity contribution in [2.75, 3.05) is 13.2 Å². The largest absolute Gasteiger partial charge is 0.462 e. The van der Waals surface area contributed by atoms with E-state index in [2.05, 4.69) is 4.74 Å². The van der Waals surface area contributed by atoms with Crippen LogP contribution in [0, 0.1) is 0 Å². The lowest BCUT2D eigenvalue weighted by molar-refractivity contribution is 0.0526. The molecule has 91 valence electrons. The Kier molecular flexibility index (Phi) is 5.79. The van der Waals surface area contributed by atoms with Crippen molar-refractivity contribution < 1.29 is 19.1 Å². The highest BCUT2D eigenvalue weighted by Gasteiger charge is 2.05. The van der Waals surface area contributed by atoms with Crippen molar-refractivity contribution in [3.05, 3.63) is 35.4 Å². The van der Waals surface area contributed by atoms with Crippen LogP contribution >= 0.6 is 0 Å². The molecule has 0 unspecified atom stereocenters. The second-order valence-electron chi connectivity index (χ2n) is 3.45. The van der Waals surface area contributed by atoms with Crippen LogP contribution in [0.25, 0.3) is 0 Å². The van der Waals surface area contributed by atoms with Gasteiger partial charge in [-0.15, -0.1) is 0 Å². The van der Waals surface area contributed by atoms with Gasteiger partial charge < -0.3 is 9.47 Å². The van der Waals surface area contributed by atoms with Gasteiger partial charge in [-0.05, 0) is 37.5 Å². The molecule has 0 N–H and O–H groups in total. The van der Waals surface area contributed by atoms with E-state index in [9.17, 15) is 9.59 Å². The number of carbonyl (C=O) groups is 1. The molecule has 0 atom stereocenters. The Bertz CT molecular complexity index is 356. The summed E-state index contributed by atoms with van der Waals surface area (Å²) in [7, 11) is 0. The minimum atomic E-state index is -0.307. The summed E-state index contributed by atoms with van der Waals surface area (Å²) in [4.78, 5) is 21.2. The highest BCUT2D eigenvalue weighted by atomic mass is 16.5. The van der Waals surface area contributed by atoms with E-state index in [4.69, 9.17) is 4.74 Å². The van der Waals surface area contributed by atoms with Gasteiger partial charge in [0.2, 0.25) is 0 Å². The molecule has 0 spiro atoms. The number of rotatable bonds is 7. The van der Waals surface area contributed by atoms with Crippen LogP contribution in [0.5, 0.6) is 0 Å². The quantitative estimate of drug-likeness (QED) is 0.535. The lowest BCUT2D eigenvalue weighted by Gasteiger charge is -2.03. The SMILES string of the molecule is CCOC(=O)c1ccc(CCCO[C]=O)cc1. The molecule has 1 aromatic carbocycles. The monoisotopic (exact) mass is 235 g/mol. The van der Waals surface area contributed by atoms with Gasteiger partial charge in [0, 0.05) is 0 Å². The standard InChI is InChI=1S/C13H15O4/c1-2-17-13(15)12-7-5-11(6-8-12)4-3-9-16-10-14/h5-8H,2-4,9H2,1H3. The normalized spacial score (nSPS) is 9.71. The zero-order valence-corrected chi connectivity index (χ0v) is 9.77. The summed E-state index contributed by atoms with van der Waals surface area (Å²) in [5.74, 6) is -0.307. The Balaban J connectivity index is 2.44. The molecular weight excluding hydrogens is 220 g/mol. The van der Waals surface area contributed by atoms with Crippen molar-refractivity contribution in [2.45, 2.75) is 19.8 Å². The maximum absolute atomic E-state index is 11.4. The van der Waals surface area contributed by atoms with E-state index in [1.807, 2.05) is 12.1 Å². The van der Waals surface area contributed by atoms with Crippen LogP contribution in [0.15, 0.2) is 24.3 Å². The molecule has 4 heteroatoms. The van der Waals surface area contributed by atoms with Crippen LogP contribution in [0.2, 0.25) is 0 Å². The van der Waals surface area contributed by atoms with Gasteiger partial charge >= 0.3 is 12.4 Å². The van der Waals surface area contributed by atoms with Crippen LogP contribution in [-0.4, -0.2) is 25.7 Å². The second kappa shape index (κ2) is 7.44. The molecule has 1 aromatic rings. The molecule has 0 amide bonds. The molecule has 0 saturated carbocycles. The first-order valence-electron chi connectivity index (χ1n) is 5.53. The van der Waals surface area contributed by atoms with Crippen molar-refractivity contribution in [1.29, 1.82) is 0 Å². The first kappa shape index (κ1) is 13.2. The summed E-state index contributed by atoms with van der Waals surface area (Å²) in [5, 5.41) is 0. The van der Waals surface area contributed by atoms with Gasteiger partial charge in [-0.1, -0.05) is 12.1 Å². The van der Waals surface area contributed by atoms with E-state index >= 15 is 0 Å². The summed E-state index contributed by atoms with van der Waals surface area (Å²) in [6.45, 7) is 3.89. The molecule has 0 saturated heterocycles. The van der Waals surface area contributed by atoms with E-state index in [0.29, 0.717) is 18.8 Å². The van der Waals surface area contributed by atoms with Crippen LogP contribution in [0.4, 0.5) is 0 Å².